The molecular formula is C19H31N3O2. The average Bonchev–Trinajstić information content (AvgIpc) is 3.10. The first-order valence-electron chi connectivity index (χ1n) is 9.39. The highest BCUT2D eigenvalue weighted by Crippen LogP contribution is 2.43. The average molecular weight is 333 g/mol. The molecule has 2 fully saturated rings. The van der Waals surface area contributed by atoms with Gasteiger partial charge in [-0.15, -0.1) is 0 Å². The SMILES string of the molecule is CCN(C)[C@@H]1CN(C(=O)Cc2c(C)noc2C)C2(CCCCC2)C1. The zero-order chi connectivity index (χ0) is 17.3. The summed E-state index contributed by atoms with van der Waals surface area (Å²) >= 11 is 0. The van der Waals surface area contributed by atoms with Crippen molar-refractivity contribution in [3.05, 3.63) is 17.0 Å². The van der Waals surface area contributed by atoms with Gasteiger partial charge in [-0.2, -0.15) is 0 Å². The predicted molar refractivity (Wildman–Crippen MR) is 93.9 cm³/mol. The summed E-state index contributed by atoms with van der Waals surface area (Å²) in [5.41, 5.74) is 1.90. The zero-order valence-corrected chi connectivity index (χ0v) is 15.6. The van der Waals surface area contributed by atoms with Gasteiger partial charge in [0.05, 0.1) is 12.1 Å². The van der Waals surface area contributed by atoms with Crippen LogP contribution >= 0.6 is 0 Å². The number of likely N-dealkylation sites (N-methyl/N-ethyl adjacent to an activating group) is 1. The number of hydrogen-bond acceptors (Lipinski definition) is 4. The molecule has 1 atom stereocenters. The lowest BCUT2D eigenvalue weighted by Crippen LogP contribution is -2.49. The van der Waals surface area contributed by atoms with Gasteiger partial charge in [0.25, 0.3) is 0 Å². The molecule has 2 heterocycles. The van der Waals surface area contributed by atoms with E-state index in [1.807, 2.05) is 13.8 Å². The lowest BCUT2D eigenvalue weighted by molar-refractivity contribution is -0.135. The highest BCUT2D eigenvalue weighted by Gasteiger charge is 2.48. The number of hydrogen-bond donors (Lipinski definition) is 0. The van der Waals surface area contributed by atoms with Crippen LogP contribution in [0.1, 0.15) is 62.5 Å². The molecule has 3 rings (SSSR count). The van der Waals surface area contributed by atoms with Crippen molar-refractivity contribution < 1.29 is 9.32 Å². The van der Waals surface area contributed by atoms with Crippen molar-refractivity contribution in [2.75, 3.05) is 20.1 Å². The molecule has 1 amide bonds. The Morgan fingerprint density at radius 3 is 2.62 bits per heavy atom. The standard InChI is InChI=1S/C19H31N3O2/c1-5-21(4)16-12-19(9-7-6-8-10-19)22(13-16)18(23)11-17-14(2)20-24-15(17)3/h16H,5-13H2,1-4H3/t16-/m0/s1. The Labute approximate surface area is 145 Å². The largest absolute Gasteiger partial charge is 0.361 e. The summed E-state index contributed by atoms with van der Waals surface area (Å²) in [6.07, 6.45) is 7.68. The first-order chi connectivity index (χ1) is 11.5. The molecule has 24 heavy (non-hydrogen) atoms. The number of likely N-dealkylation sites (tertiary alicyclic amines) is 1. The van der Waals surface area contributed by atoms with Gasteiger partial charge < -0.3 is 14.3 Å². The molecule has 2 aliphatic rings. The molecule has 1 aliphatic carbocycles. The Bertz CT molecular complexity index is 570. The van der Waals surface area contributed by atoms with Gasteiger partial charge in [0, 0.05) is 23.7 Å². The first kappa shape index (κ1) is 17.5. The Morgan fingerprint density at radius 2 is 2.04 bits per heavy atom. The summed E-state index contributed by atoms with van der Waals surface area (Å²) in [5.74, 6) is 1.03. The summed E-state index contributed by atoms with van der Waals surface area (Å²) in [6, 6.07) is 0.488. The van der Waals surface area contributed by atoms with E-state index in [0.717, 1.165) is 49.4 Å². The molecule has 0 bridgehead atoms. The minimum Gasteiger partial charge on any atom is -0.361 e. The number of amides is 1. The molecule has 1 aromatic rings. The van der Waals surface area contributed by atoms with Gasteiger partial charge in [0.15, 0.2) is 0 Å². The fourth-order valence-corrected chi connectivity index (χ4v) is 4.62. The van der Waals surface area contributed by atoms with Gasteiger partial charge in [-0.25, -0.2) is 0 Å². The molecule has 1 aliphatic heterocycles. The molecule has 5 heteroatoms. The van der Waals surface area contributed by atoms with Crippen molar-refractivity contribution >= 4 is 5.91 Å². The van der Waals surface area contributed by atoms with Crippen molar-refractivity contribution in [2.24, 2.45) is 0 Å². The molecule has 0 unspecified atom stereocenters. The predicted octanol–water partition coefficient (Wildman–Crippen LogP) is 3.09. The molecule has 134 valence electrons. The fourth-order valence-electron chi connectivity index (χ4n) is 4.62. The summed E-state index contributed by atoms with van der Waals surface area (Å²) in [4.78, 5) is 17.8. The van der Waals surface area contributed by atoms with Crippen molar-refractivity contribution in [3.63, 3.8) is 0 Å². The number of aromatic nitrogens is 1. The lowest BCUT2D eigenvalue weighted by Gasteiger charge is -2.41. The van der Waals surface area contributed by atoms with Crippen molar-refractivity contribution in [1.82, 2.24) is 15.0 Å². The second-order valence-electron chi connectivity index (χ2n) is 7.70. The molecule has 1 saturated heterocycles. The van der Waals surface area contributed by atoms with Gasteiger partial charge in [-0.1, -0.05) is 31.3 Å². The van der Waals surface area contributed by atoms with Gasteiger partial charge in [0.1, 0.15) is 5.76 Å². The van der Waals surface area contributed by atoms with E-state index in [4.69, 9.17) is 4.52 Å². The van der Waals surface area contributed by atoms with Crippen LogP contribution in [0, 0.1) is 13.8 Å². The van der Waals surface area contributed by atoms with E-state index < -0.39 is 0 Å². The van der Waals surface area contributed by atoms with Crippen LogP contribution in [0.2, 0.25) is 0 Å². The third kappa shape index (κ3) is 3.10. The van der Waals surface area contributed by atoms with E-state index in [-0.39, 0.29) is 11.4 Å². The normalized spacial score (nSPS) is 23.4. The monoisotopic (exact) mass is 333 g/mol. The van der Waals surface area contributed by atoms with Gasteiger partial charge in [0.2, 0.25) is 5.91 Å². The van der Waals surface area contributed by atoms with Crippen LogP contribution < -0.4 is 0 Å². The number of nitrogens with zero attached hydrogens (tertiary/aromatic N) is 3. The topological polar surface area (TPSA) is 49.6 Å². The molecule has 1 saturated carbocycles. The Kier molecular flexibility index (Phi) is 5.00. The van der Waals surface area contributed by atoms with E-state index in [9.17, 15) is 4.79 Å². The Hall–Kier alpha value is -1.36. The summed E-state index contributed by atoms with van der Waals surface area (Å²) in [7, 11) is 2.18. The Balaban J connectivity index is 1.81. The maximum absolute atomic E-state index is 13.2. The smallest absolute Gasteiger partial charge is 0.227 e. The van der Waals surface area contributed by atoms with Crippen molar-refractivity contribution in [1.29, 1.82) is 0 Å². The molecule has 1 spiro atoms. The zero-order valence-electron chi connectivity index (χ0n) is 15.6. The van der Waals surface area contributed by atoms with E-state index in [1.165, 1.54) is 19.3 Å². The molecule has 5 nitrogen and oxygen atoms in total. The third-order valence-corrected chi connectivity index (χ3v) is 6.30. The van der Waals surface area contributed by atoms with Crippen LogP contribution in [-0.4, -0.2) is 52.6 Å². The van der Waals surface area contributed by atoms with Crippen LogP contribution in [0.25, 0.3) is 0 Å². The summed E-state index contributed by atoms with van der Waals surface area (Å²) in [5, 5.41) is 4.00. The van der Waals surface area contributed by atoms with Gasteiger partial charge in [-0.05, 0) is 46.7 Å². The second-order valence-corrected chi connectivity index (χ2v) is 7.70. The molecule has 0 radical (unpaired) electrons. The molecule has 0 aromatic carbocycles. The second kappa shape index (κ2) is 6.87. The number of carbonyl (C=O) groups is 1. The highest BCUT2D eigenvalue weighted by molar-refractivity contribution is 5.80. The third-order valence-electron chi connectivity index (χ3n) is 6.30. The van der Waals surface area contributed by atoms with Crippen molar-refractivity contribution in [3.8, 4) is 0 Å². The molecular weight excluding hydrogens is 302 g/mol. The number of rotatable bonds is 4. The van der Waals surface area contributed by atoms with Gasteiger partial charge >= 0.3 is 0 Å². The number of aryl methyl sites for hydroxylation is 2. The maximum Gasteiger partial charge on any atom is 0.227 e. The summed E-state index contributed by atoms with van der Waals surface area (Å²) in [6.45, 7) is 7.92. The van der Waals surface area contributed by atoms with Crippen LogP contribution in [0.5, 0.6) is 0 Å². The minimum absolute atomic E-state index is 0.0857. The molecule has 0 N–H and O–H groups in total. The van der Waals surface area contributed by atoms with Crippen LogP contribution in [0.15, 0.2) is 4.52 Å². The van der Waals surface area contributed by atoms with Crippen LogP contribution in [-0.2, 0) is 11.2 Å². The van der Waals surface area contributed by atoms with Crippen molar-refractivity contribution in [2.45, 2.75) is 77.3 Å². The Morgan fingerprint density at radius 1 is 1.33 bits per heavy atom. The van der Waals surface area contributed by atoms with Gasteiger partial charge in [-0.3, -0.25) is 4.79 Å². The quantitative estimate of drug-likeness (QED) is 0.849. The maximum atomic E-state index is 13.2. The molecule has 1 aromatic heterocycles. The number of carbonyl (C=O) groups excluding carboxylic acids is 1. The van der Waals surface area contributed by atoms with E-state index in [0.29, 0.717) is 12.5 Å². The van der Waals surface area contributed by atoms with E-state index in [1.54, 1.807) is 0 Å². The lowest BCUT2D eigenvalue weighted by atomic mass is 9.79. The van der Waals surface area contributed by atoms with Crippen LogP contribution in [0.3, 0.4) is 0 Å². The van der Waals surface area contributed by atoms with Crippen LogP contribution in [0.4, 0.5) is 0 Å². The minimum atomic E-state index is 0.0857. The van der Waals surface area contributed by atoms with E-state index in [2.05, 4.69) is 28.9 Å². The fraction of sp³-hybridized carbons (Fsp3) is 0.789. The highest BCUT2D eigenvalue weighted by atomic mass is 16.5. The van der Waals surface area contributed by atoms with E-state index >= 15 is 0 Å². The first-order valence-corrected chi connectivity index (χ1v) is 9.39. The summed E-state index contributed by atoms with van der Waals surface area (Å²) < 4.78 is 5.24.